The molecule has 2 aromatic carbocycles. The number of aromatic nitrogens is 2. The minimum absolute atomic E-state index is 0.123. The highest BCUT2D eigenvalue weighted by molar-refractivity contribution is 6.31. The number of amides is 1. The lowest BCUT2D eigenvalue weighted by Gasteiger charge is -2.18. The van der Waals surface area contributed by atoms with Crippen molar-refractivity contribution < 1.29 is 4.79 Å². The molecule has 7 heteroatoms. The molecule has 0 spiro atoms. The van der Waals surface area contributed by atoms with Crippen molar-refractivity contribution in [3.05, 3.63) is 73.9 Å². The van der Waals surface area contributed by atoms with Gasteiger partial charge in [0.2, 0.25) is 5.91 Å². The summed E-state index contributed by atoms with van der Waals surface area (Å²) in [5, 5.41) is 0.752. The Labute approximate surface area is 166 Å². The monoisotopic (exact) mass is 397 g/mol. The molecule has 2 heterocycles. The maximum absolute atomic E-state index is 13.3. The first-order chi connectivity index (χ1) is 13.5. The van der Waals surface area contributed by atoms with Crippen LogP contribution in [0.25, 0.3) is 16.6 Å². The van der Waals surface area contributed by atoms with Gasteiger partial charge in [-0.2, -0.15) is 0 Å². The van der Waals surface area contributed by atoms with Crippen molar-refractivity contribution in [2.45, 2.75) is 26.3 Å². The van der Waals surface area contributed by atoms with Crippen LogP contribution in [0, 0.1) is 6.92 Å². The van der Waals surface area contributed by atoms with Crippen molar-refractivity contribution in [3.8, 4) is 5.69 Å². The van der Waals surface area contributed by atoms with E-state index >= 15 is 0 Å². The molecule has 1 fully saturated rings. The van der Waals surface area contributed by atoms with Crippen LogP contribution in [0.15, 0.2) is 52.1 Å². The topological polar surface area (TPSA) is 64.3 Å². The Hall–Kier alpha value is -2.86. The molecule has 1 aliphatic rings. The fourth-order valence-electron chi connectivity index (χ4n) is 3.69. The molecule has 1 aliphatic heterocycles. The number of halogens is 1. The van der Waals surface area contributed by atoms with Crippen LogP contribution in [0.3, 0.4) is 0 Å². The largest absolute Gasteiger partial charge is 0.341 e. The van der Waals surface area contributed by atoms with Crippen molar-refractivity contribution >= 4 is 28.4 Å². The van der Waals surface area contributed by atoms with E-state index in [0.717, 1.165) is 23.0 Å². The third-order valence-electron chi connectivity index (χ3n) is 5.12. The zero-order valence-electron chi connectivity index (χ0n) is 15.5. The van der Waals surface area contributed by atoms with Gasteiger partial charge < -0.3 is 4.90 Å². The number of carbonyl (C=O) groups is 1. The SMILES string of the molecule is Cc1cccc(-n2c(=O)c3ccc(Cl)cc3n(CC(=O)N3CCCC3)c2=O)c1. The lowest BCUT2D eigenvalue weighted by Crippen LogP contribution is -2.42. The van der Waals surface area contributed by atoms with E-state index in [4.69, 9.17) is 11.6 Å². The molecule has 0 radical (unpaired) electrons. The van der Waals surface area contributed by atoms with Gasteiger partial charge in [-0.3, -0.25) is 14.2 Å². The summed E-state index contributed by atoms with van der Waals surface area (Å²) in [6, 6.07) is 12.0. The maximum Gasteiger partial charge on any atom is 0.336 e. The molecule has 3 aromatic rings. The summed E-state index contributed by atoms with van der Waals surface area (Å²) in [5.41, 5.74) is 0.818. The molecule has 1 saturated heterocycles. The Morgan fingerprint density at radius 1 is 1.07 bits per heavy atom. The van der Waals surface area contributed by atoms with Crippen LogP contribution in [-0.4, -0.2) is 33.0 Å². The molecular formula is C21H20ClN3O3. The number of aryl methyl sites for hydroxylation is 1. The van der Waals surface area contributed by atoms with E-state index in [2.05, 4.69) is 0 Å². The molecular weight excluding hydrogens is 378 g/mol. The summed E-state index contributed by atoms with van der Waals surface area (Å²) < 4.78 is 2.48. The number of carbonyl (C=O) groups excluding carboxylic acids is 1. The second-order valence-electron chi connectivity index (χ2n) is 7.10. The standard InChI is InChI=1S/C21H20ClN3O3/c1-14-5-4-6-16(11-14)25-20(27)17-8-7-15(22)12-18(17)24(21(25)28)13-19(26)23-9-2-3-10-23/h4-8,11-12H,2-3,9-10,13H2,1H3. The lowest BCUT2D eigenvalue weighted by molar-refractivity contribution is -0.130. The van der Waals surface area contributed by atoms with Crippen molar-refractivity contribution in [1.82, 2.24) is 14.0 Å². The number of rotatable bonds is 3. The highest BCUT2D eigenvalue weighted by atomic mass is 35.5. The van der Waals surface area contributed by atoms with Crippen molar-refractivity contribution in [2.24, 2.45) is 0 Å². The number of hydrogen-bond acceptors (Lipinski definition) is 3. The van der Waals surface area contributed by atoms with Gasteiger partial charge in [0.15, 0.2) is 0 Å². The molecule has 0 aliphatic carbocycles. The van der Waals surface area contributed by atoms with Crippen LogP contribution in [0.5, 0.6) is 0 Å². The average molecular weight is 398 g/mol. The fraction of sp³-hybridized carbons (Fsp3) is 0.286. The molecule has 0 bridgehead atoms. The van der Waals surface area contributed by atoms with Crippen LogP contribution in [0.4, 0.5) is 0 Å². The lowest BCUT2D eigenvalue weighted by atomic mass is 10.2. The summed E-state index contributed by atoms with van der Waals surface area (Å²) in [4.78, 5) is 40.9. The molecule has 0 saturated carbocycles. The molecule has 28 heavy (non-hydrogen) atoms. The smallest absolute Gasteiger partial charge is 0.336 e. The minimum Gasteiger partial charge on any atom is -0.341 e. The van der Waals surface area contributed by atoms with Crippen molar-refractivity contribution in [2.75, 3.05) is 13.1 Å². The number of fused-ring (bicyclic) bond motifs is 1. The van der Waals surface area contributed by atoms with Crippen molar-refractivity contribution in [3.63, 3.8) is 0 Å². The van der Waals surface area contributed by atoms with E-state index < -0.39 is 11.2 Å². The predicted octanol–water partition coefficient (Wildman–Crippen LogP) is 2.74. The Balaban J connectivity index is 1.96. The Morgan fingerprint density at radius 2 is 1.82 bits per heavy atom. The first-order valence-corrected chi connectivity index (χ1v) is 9.63. The second-order valence-corrected chi connectivity index (χ2v) is 7.53. The Kier molecular flexibility index (Phi) is 4.81. The van der Waals surface area contributed by atoms with Crippen LogP contribution >= 0.6 is 11.6 Å². The molecule has 144 valence electrons. The second kappa shape index (κ2) is 7.28. The van der Waals surface area contributed by atoms with Gasteiger partial charge in [-0.05, 0) is 55.7 Å². The average Bonchev–Trinajstić information content (AvgIpc) is 3.20. The van der Waals surface area contributed by atoms with Crippen LogP contribution in [-0.2, 0) is 11.3 Å². The zero-order valence-corrected chi connectivity index (χ0v) is 16.3. The molecule has 0 atom stereocenters. The summed E-state index contributed by atoms with van der Waals surface area (Å²) in [5.74, 6) is -0.129. The van der Waals surface area contributed by atoms with E-state index in [1.165, 1.54) is 4.57 Å². The summed E-state index contributed by atoms with van der Waals surface area (Å²) >= 11 is 6.12. The van der Waals surface area contributed by atoms with Gasteiger partial charge in [0.1, 0.15) is 6.54 Å². The van der Waals surface area contributed by atoms with Crippen molar-refractivity contribution in [1.29, 1.82) is 0 Å². The van der Waals surface area contributed by atoms with Crippen LogP contribution in [0.1, 0.15) is 18.4 Å². The first kappa shape index (κ1) is 18.5. The number of benzene rings is 2. The zero-order chi connectivity index (χ0) is 19.8. The number of hydrogen-bond donors (Lipinski definition) is 0. The third kappa shape index (κ3) is 3.24. The molecule has 1 aromatic heterocycles. The quantitative estimate of drug-likeness (QED) is 0.682. The van der Waals surface area contributed by atoms with Gasteiger partial charge in [0, 0.05) is 18.1 Å². The van der Waals surface area contributed by atoms with Crippen LogP contribution < -0.4 is 11.2 Å². The Morgan fingerprint density at radius 3 is 2.54 bits per heavy atom. The summed E-state index contributed by atoms with van der Waals surface area (Å²) in [7, 11) is 0. The van der Waals surface area contributed by atoms with E-state index in [0.29, 0.717) is 34.7 Å². The first-order valence-electron chi connectivity index (χ1n) is 9.25. The van der Waals surface area contributed by atoms with Gasteiger partial charge in [0.05, 0.1) is 16.6 Å². The molecule has 0 unspecified atom stereocenters. The van der Waals surface area contributed by atoms with Gasteiger partial charge in [0.25, 0.3) is 5.56 Å². The number of likely N-dealkylation sites (tertiary alicyclic amines) is 1. The highest BCUT2D eigenvalue weighted by Gasteiger charge is 2.22. The molecule has 0 N–H and O–H groups in total. The number of nitrogens with zero attached hydrogens (tertiary/aromatic N) is 3. The molecule has 4 rings (SSSR count). The van der Waals surface area contributed by atoms with E-state index in [-0.39, 0.29) is 12.5 Å². The maximum atomic E-state index is 13.3. The van der Waals surface area contributed by atoms with Gasteiger partial charge >= 0.3 is 5.69 Å². The Bertz CT molecular complexity index is 1190. The van der Waals surface area contributed by atoms with Gasteiger partial charge in [-0.15, -0.1) is 0 Å². The fourth-order valence-corrected chi connectivity index (χ4v) is 3.86. The molecule has 6 nitrogen and oxygen atoms in total. The highest BCUT2D eigenvalue weighted by Crippen LogP contribution is 2.17. The summed E-state index contributed by atoms with van der Waals surface area (Å²) in [6.07, 6.45) is 1.94. The summed E-state index contributed by atoms with van der Waals surface area (Å²) in [6.45, 7) is 3.17. The predicted molar refractivity (Wildman–Crippen MR) is 109 cm³/mol. The van der Waals surface area contributed by atoms with E-state index in [1.807, 2.05) is 13.0 Å². The van der Waals surface area contributed by atoms with Crippen LogP contribution in [0.2, 0.25) is 5.02 Å². The van der Waals surface area contributed by atoms with Gasteiger partial charge in [-0.25, -0.2) is 9.36 Å². The molecule has 1 amide bonds. The normalized spacial score (nSPS) is 14.0. The third-order valence-corrected chi connectivity index (χ3v) is 5.35. The van der Waals surface area contributed by atoms with E-state index in [1.54, 1.807) is 41.3 Å². The minimum atomic E-state index is -0.544. The van der Waals surface area contributed by atoms with E-state index in [9.17, 15) is 14.4 Å². The van der Waals surface area contributed by atoms with Gasteiger partial charge in [-0.1, -0.05) is 23.7 Å².